The molecule has 0 aliphatic heterocycles. The lowest BCUT2D eigenvalue weighted by Gasteiger charge is -2.12. The van der Waals surface area contributed by atoms with Gasteiger partial charge in [0.1, 0.15) is 36.1 Å². The molecule has 4 N–H and O–H groups in total. The fourth-order valence-electron chi connectivity index (χ4n) is 4.72. The number of carbonyl (C=O) groups excluding carboxylic acids is 4. The normalized spacial score (nSPS) is 13.4. The molecule has 258 valence electrons. The summed E-state index contributed by atoms with van der Waals surface area (Å²) in [6.07, 6.45) is 6.76. The van der Waals surface area contributed by atoms with Crippen molar-refractivity contribution in [1.29, 1.82) is 0 Å². The molecule has 6 rings (SSSR count). The van der Waals surface area contributed by atoms with E-state index in [9.17, 15) is 19.2 Å². The van der Waals surface area contributed by atoms with Crippen LogP contribution in [0.1, 0.15) is 81.2 Å². The first-order chi connectivity index (χ1) is 24.3. The number of carbonyl (C=O) groups is 4. The summed E-state index contributed by atoms with van der Waals surface area (Å²) in [5, 5.41) is 27.5. The maximum Gasteiger partial charge on any atom is 0.273 e. The predicted molar refractivity (Wildman–Crippen MR) is 178 cm³/mol. The molecule has 2 fully saturated rings. The lowest BCUT2D eigenvalue weighted by Crippen LogP contribution is -2.25. The van der Waals surface area contributed by atoms with Crippen LogP contribution in [0.15, 0.2) is 48.8 Å². The summed E-state index contributed by atoms with van der Waals surface area (Å²) in [4.78, 5) is 50.1. The van der Waals surface area contributed by atoms with Gasteiger partial charge in [-0.15, -0.1) is 10.2 Å². The molecule has 4 amide bonds. The van der Waals surface area contributed by atoms with Gasteiger partial charge in [0.15, 0.2) is 11.4 Å². The fourth-order valence-corrected chi connectivity index (χ4v) is 4.72. The first kappa shape index (κ1) is 33.7. The molecule has 0 unspecified atom stereocenters. The van der Waals surface area contributed by atoms with Crippen molar-refractivity contribution in [3.8, 4) is 34.7 Å². The standard InChI is InChI=1S/C34H36N10O6/c1-3-35-31(45)21-7-13-27(43-19-25(39-41-43)33(47)37-23-9-10-23)29(17-21)49-15-5-6-16-50-30-18-22(32(46)36-4-2)8-14-28(30)44-20-26(40-42-44)34(48)38-24-11-12-24/h7-8,13-14,17-20,23-24H,3-4,9-12,15-16H2,1-2H3,(H,35,45)(H,36,46)(H,37,47)(H,38,48). The van der Waals surface area contributed by atoms with Gasteiger partial charge in [0.2, 0.25) is 0 Å². The summed E-state index contributed by atoms with van der Waals surface area (Å²) < 4.78 is 14.8. The molecule has 2 aromatic carbocycles. The zero-order valence-corrected chi connectivity index (χ0v) is 27.6. The third-order valence-electron chi connectivity index (χ3n) is 7.61. The Labute approximate surface area is 287 Å². The molecule has 2 aliphatic rings. The molecule has 16 heteroatoms. The van der Waals surface area contributed by atoms with E-state index < -0.39 is 0 Å². The second kappa shape index (κ2) is 15.3. The first-order valence-electron chi connectivity index (χ1n) is 16.4. The highest BCUT2D eigenvalue weighted by atomic mass is 16.5. The smallest absolute Gasteiger partial charge is 0.273 e. The van der Waals surface area contributed by atoms with Crippen molar-refractivity contribution in [2.24, 2.45) is 0 Å². The Morgan fingerprint density at radius 3 is 1.48 bits per heavy atom. The Kier molecular flexibility index (Phi) is 10.3. The monoisotopic (exact) mass is 680 g/mol. The number of nitrogens with one attached hydrogen (secondary N) is 4. The number of nitrogens with zero attached hydrogens (tertiary/aromatic N) is 6. The topological polar surface area (TPSA) is 196 Å². The third kappa shape index (κ3) is 8.42. The molecule has 16 nitrogen and oxygen atoms in total. The van der Waals surface area contributed by atoms with Crippen LogP contribution in [-0.2, 0) is 0 Å². The zero-order valence-electron chi connectivity index (χ0n) is 27.6. The Morgan fingerprint density at radius 2 is 1.10 bits per heavy atom. The van der Waals surface area contributed by atoms with Crippen molar-refractivity contribution in [1.82, 2.24) is 51.3 Å². The van der Waals surface area contributed by atoms with Gasteiger partial charge in [-0.1, -0.05) is 22.3 Å². The van der Waals surface area contributed by atoms with Gasteiger partial charge >= 0.3 is 0 Å². The van der Waals surface area contributed by atoms with E-state index in [1.165, 1.54) is 21.8 Å². The molecule has 2 aromatic heterocycles. The molecular weight excluding hydrogens is 644 g/mol. The Morgan fingerprint density at radius 1 is 0.680 bits per heavy atom. The molecule has 0 spiro atoms. The van der Waals surface area contributed by atoms with Gasteiger partial charge in [0.05, 0.1) is 12.4 Å². The molecule has 0 bridgehead atoms. The maximum atomic E-state index is 12.6. The number of ether oxygens (including phenoxy) is 2. The van der Waals surface area contributed by atoms with Crippen LogP contribution in [-0.4, -0.2) is 92.0 Å². The first-order valence-corrected chi connectivity index (χ1v) is 16.4. The minimum absolute atomic E-state index is 0.0761. The molecular formula is C34H36N10O6. The minimum atomic E-state index is -0.311. The van der Waals surface area contributed by atoms with Gasteiger partial charge in [-0.3, -0.25) is 19.2 Å². The molecule has 0 radical (unpaired) electrons. The number of hydrogen-bond donors (Lipinski definition) is 4. The van der Waals surface area contributed by atoms with Gasteiger partial charge in [0, 0.05) is 36.3 Å². The molecule has 0 saturated heterocycles. The summed E-state index contributed by atoms with van der Waals surface area (Å²) >= 11 is 0. The largest absolute Gasteiger partial charge is 0.479 e. The van der Waals surface area contributed by atoms with Crippen molar-refractivity contribution in [3.63, 3.8) is 0 Å². The lowest BCUT2D eigenvalue weighted by molar-refractivity contribution is 0.0937. The molecule has 0 atom stereocenters. The van der Waals surface area contributed by atoms with Gasteiger partial charge < -0.3 is 30.7 Å². The molecule has 4 aromatic rings. The Bertz CT molecular complexity index is 1830. The highest BCUT2D eigenvalue weighted by Crippen LogP contribution is 2.26. The van der Waals surface area contributed by atoms with E-state index in [4.69, 9.17) is 9.47 Å². The summed E-state index contributed by atoms with van der Waals surface area (Å²) in [5.74, 6) is 5.21. The third-order valence-corrected chi connectivity index (χ3v) is 7.61. The van der Waals surface area contributed by atoms with Gasteiger partial charge in [-0.25, -0.2) is 9.36 Å². The van der Waals surface area contributed by atoms with Crippen molar-refractivity contribution in [2.45, 2.75) is 51.6 Å². The number of rotatable bonds is 14. The van der Waals surface area contributed by atoms with E-state index in [-0.39, 0.29) is 60.3 Å². The summed E-state index contributed by atoms with van der Waals surface area (Å²) in [7, 11) is 0. The number of amides is 4. The molecule has 2 aliphatic carbocycles. The summed E-state index contributed by atoms with van der Waals surface area (Å²) in [5.41, 5.74) is 1.97. The predicted octanol–water partition coefficient (Wildman–Crippen LogP) is 1.59. The zero-order chi connectivity index (χ0) is 35.0. The van der Waals surface area contributed by atoms with Gasteiger partial charge in [0.25, 0.3) is 23.6 Å². The van der Waals surface area contributed by atoms with Crippen LogP contribution in [0.25, 0.3) is 11.4 Å². The second-order valence-corrected chi connectivity index (χ2v) is 11.6. The second-order valence-electron chi connectivity index (χ2n) is 11.6. The Balaban J connectivity index is 1.16. The maximum absolute atomic E-state index is 12.6. The fraction of sp³-hybridized carbons (Fsp3) is 0.353. The van der Waals surface area contributed by atoms with Crippen LogP contribution in [0.3, 0.4) is 0 Å². The van der Waals surface area contributed by atoms with Crippen LogP contribution in [0.4, 0.5) is 0 Å². The average molecular weight is 681 g/mol. The van der Waals surface area contributed by atoms with E-state index in [1.54, 1.807) is 36.4 Å². The van der Waals surface area contributed by atoms with Crippen molar-refractivity contribution < 1.29 is 28.7 Å². The lowest BCUT2D eigenvalue weighted by atomic mass is 10.1. The van der Waals surface area contributed by atoms with Crippen LogP contribution in [0, 0.1) is 11.8 Å². The van der Waals surface area contributed by atoms with E-state index >= 15 is 0 Å². The van der Waals surface area contributed by atoms with Crippen molar-refractivity contribution >= 4 is 23.6 Å². The van der Waals surface area contributed by atoms with Crippen LogP contribution >= 0.6 is 0 Å². The quantitative estimate of drug-likeness (QED) is 0.142. The Hall–Kier alpha value is -6.24. The van der Waals surface area contributed by atoms with Crippen molar-refractivity contribution in [3.05, 3.63) is 71.3 Å². The highest BCUT2D eigenvalue weighted by Gasteiger charge is 2.26. The molecule has 2 heterocycles. The van der Waals surface area contributed by atoms with E-state index in [1.807, 2.05) is 13.8 Å². The average Bonchev–Trinajstić information content (AvgIpc) is 4.01. The van der Waals surface area contributed by atoms with Crippen LogP contribution in [0.2, 0.25) is 0 Å². The van der Waals surface area contributed by atoms with Crippen LogP contribution in [0.5, 0.6) is 11.5 Å². The van der Waals surface area contributed by atoms with Crippen molar-refractivity contribution in [2.75, 3.05) is 26.3 Å². The van der Waals surface area contributed by atoms with Gasteiger partial charge in [-0.2, -0.15) is 0 Å². The molecule has 2 saturated carbocycles. The van der Waals surface area contributed by atoms with E-state index in [0.717, 1.165) is 25.7 Å². The van der Waals surface area contributed by atoms with Gasteiger partial charge in [-0.05, 0) is 75.9 Å². The number of aromatic nitrogens is 6. The molecule has 50 heavy (non-hydrogen) atoms. The van der Waals surface area contributed by atoms with Crippen LogP contribution < -0.4 is 30.7 Å². The SMILES string of the molecule is CCNC(=O)c1ccc(-n2cc(C(=O)NC3CC3)nn2)c(OCC#CCOc2cc(C(=O)NCC)ccc2-n2cc(C(=O)NC3CC3)nn2)c1. The summed E-state index contributed by atoms with van der Waals surface area (Å²) in [6, 6.07) is 10.0. The van der Waals surface area contributed by atoms with E-state index in [0.29, 0.717) is 47.1 Å². The van der Waals surface area contributed by atoms with E-state index in [2.05, 4.69) is 53.7 Å². The highest BCUT2D eigenvalue weighted by molar-refractivity contribution is 5.96. The summed E-state index contributed by atoms with van der Waals surface area (Å²) in [6.45, 7) is 4.39. The number of benzene rings is 2. The number of hydrogen-bond acceptors (Lipinski definition) is 10. The minimum Gasteiger partial charge on any atom is -0.479 e.